The summed E-state index contributed by atoms with van der Waals surface area (Å²) in [4.78, 5) is 6.51. The first kappa shape index (κ1) is 12.4. The van der Waals surface area contributed by atoms with Crippen LogP contribution < -0.4 is 4.90 Å². The van der Waals surface area contributed by atoms with Crippen molar-refractivity contribution in [3.05, 3.63) is 24.0 Å². The molecule has 0 spiro atoms. The van der Waals surface area contributed by atoms with E-state index in [1.54, 1.807) is 0 Å². The first-order chi connectivity index (χ1) is 8.33. The number of aliphatic hydroxyl groups is 1. The van der Waals surface area contributed by atoms with Gasteiger partial charge >= 0.3 is 0 Å². The van der Waals surface area contributed by atoms with Gasteiger partial charge in [0.15, 0.2) is 0 Å². The zero-order valence-electron chi connectivity index (χ0n) is 10.6. The molecule has 0 aliphatic heterocycles. The molecule has 0 aromatic carbocycles. The van der Waals surface area contributed by atoms with E-state index in [0.29, 0.717) is 6.04 Å². The number of hydrogen-bond donors (Lipinski definition) is 1. The summed E-state index contributed by atoms with van der Waals surface area (Å²) in [6.07, 6.45) is 10.2. The second-order valence-corrected chi connectivity index (χ2v) is 4.87. The number of nitrogens with zero attached hydrogens (tertiary/aromatic N) is 2. The maximum Gasteiger partial charge on any atom is 0.0606 e. The lowest BCUT2D eigenvalue weighted by Gasteiger charge is -2.36. The molecule has 1 aliphatic rings. The van der Waals surface area contributed by atoms with Crippen LogP contribution in [0.2, 0.25) is 0 Å². The smallest absolute Gasteiger partial charge is 0.0606 e. The first-order valence-electron chi connectivity index (χ1n) is 6.61. The lowest BCUT2D eigenvalue weighted by Crippen LogP contribution is -2.39. The highest BCUT2D eigenvalue weighted by atomic mass is 16.3. The quantitative estimate of drug-likeness (QED) is 0.869. The standard InChI is InChI=1S/C14H22N2O/c1-12-11-15-8-7-14(12)16(9-10-17)13-5-3-2-4-6-13/h7-8,11,13,17H,2-6,9-10H2,1H3. The van der Waals surface area contributed by atoms with E-state index in [9.17, 15) is 5.11 Å². The maximum atomic E-state index is 9.26. The van der Waals surface area contributed by atoms with Gasteiger partial charge in [0, 0.05) is 30.7 Å². The minimum absolute atomic E-state index is 0.220. The van der Waals surface area contributed by atoms with Crippen LogP contribution in [0.3, 0.4) is 0 Å². The lowest BCUT2D eigenvalue weighted by molar-refractivity contribution is 0.290. The summed E-state index contributed by atoms with van der Waals surface area (Å²) in [7, 11) is 0. The van der Waals surface area contributed by atoms with Crippen LogP contribution >= 0.6 is 0 Å². The van der Waals surface area contributed by atoms with Gasteiger partial charge in [0.1, 0.15) is 0 Å². The molecule has 94 valence electrons. The molecule has 17 heavy (non-hydrogen) atoms. The van der Waals surface area contributed by atoms with Crippen molar-refractivity contribution in [1.82, 2.24) is 4.98 Å². The molecule has 1 fully saturated rings. The van der Waals surface area contributed by atoms with Gasteiger partial charge in [-0.05, 0) is 31.4 Å². The Kier molecular flexibility index (Phi) is 4.37. The van der Waals surface area contributed by atoms with Gasteiger partial charge in [0.05, 0.1) is 6.61 Å². The number of aliphatic hydroxyl groups excluding tert-OH is 1. The molecule has 1 aromatic rings. The lowest BCUT2D eigenvalue weighted by atomic mass is 9.93. The molecular formula is C14H22N2O. The molecule has 0 unspecified atom stereocenters. The SMILES string of the molecule is Cc1cnccc1N(CCO)C1CCCCC1. The highest BCUT2D eigenvalue weighted by Gasteiger charge is 2.21. The minimum Gasteiger partial charge on any atom is -0.395 e. The van der Waals surface area contributed by atoms with Crippen LogP contribution in [0, 0.1) is 6.92 Å². The molecule has 3 nitrogen and oxygen atoms in total. The Bertz CT molecular complexity index is 348. The maximum absolute atomic E-state index is 9.26. The summed E-state index contributed by atoms with van der Waals surface area (Å²) >= 11 is 0. The highest BCUT2D eigenvalue weighted by molar-refractivity contribution is 5.52. The normalized spacial score (nSPS) is 17.1. The molecule has 0 atom stereocenters. The molecule has 2 rings (SSSR count). The van der Waals surface area contributed by atoms with Crippen molar-refractivity contribution in [2.45, 2.75) is 45.1 Å². The van der Waals surface area contributed by atoms with Gasteiger partial charge in [0.25, 0.3) is 0 Å². The predicted octanol–water partition coefficient (Wildman–Crippen LogP) is 2.52. The van der Waals surface area contributed by atoms with Crippen molar-refractivity contribution in [3.8, 4) is 0 Å². The Hall–Kier alpha value is -1.09. The van der Waals surface area contributed by atoms with Gasteiger partial charge in [-0.3, -0.25) is 4.98 Å². The number of anilines is 1. The van der Waals surface area contributed by atoms with Crippen molar-refractivity contribution >= 4 is 5.69 Å². The Morgan fingerprint density at radius 3 is 2.76 bits per heavy atom. The van der Waals surface area contributed by atoms with E-state index in [-0.39, 0.29) is 6.61 Å². The monoisotopic (exact) mass is 234 g/mol. The molecule has 0 amide bonds. The zero-order valence-corrected chi connectivity index (χ0v) is 10.6. The van der Waals surface area contributed by atoms with Crippen LogP contribution in [0.15, 0.2) is 18.5 Å². The first-order valence-corrected chi connectivity index (χ1v) is 6.61. The van der Waals surface area contributed by atoms with Gasteiger partial charge in [0.2, 0.25) is 0 Å². The van der Waals surface area contributed by atoms with Gasteiger partial charge in [-0.1, -0.05) is 19.3 Å². The fourth-order valence-electron chi connectivity index (χ4n) is 2.79. The summed E-state index contributed by atoms with van der Waals surface area (Å²) in [5.74, 6) is 0. The van der Waals surface area contributed by atoms with Crippen LogP contribution in [-0.2, 0) is 0 Å². The van der Waals surface area contributed by atoms with Crippen molar-refractivity contribution in [1.29, 1.82) is 0 Å². The molecule has 0 radical (unpaired) electrons. The summed E-state index contributed by atoms with van der Waals surface area (Å²) < 4.78 is 0. The van der Waals surface area contributed by atoms with Gasteiger partial charge in [-0.15, -0.1) is 0 Å². The topological polar surface area (TPSA) is 36.4 Å². The largest absolute Gasteiger partial charge is 0.395 e. The van der Waals surface area contributed by atoms with Crippen LogP contribution in [0.1, 0.15) is 37.7 Å². The number of aryl methyl sites for hydroxylation is 1. The van der Waals surface area contributed by atoms with E-state index in [1.165, 1.54) is 43.4 Å². The average Bonchev–Trinajstić information content (AvgIpc) is 2.38. The Morgan fingerprint density at radius 1 is 1.35 bits per heavy atom. The van der Waals surface area contributed by atoms with Crippen LogP contribution in [-0.4, -0.2) is 29.3 Å². The van der Waals surface area contributed by atoms with Crippen molar-refractivity contribution < 1.29 is 5.11 Å². The summed E-state index contributed by atoms with van der Waals surface area (Å²) in [5.41, 5.74) is 2.44. The second-order valence-electron chi connectivity index (χ2n) is 4.87. The van der Waals surface area contributed by atoms with Crippen molar-refractivity contribution in [2.75, 3.05) is 18.1 Å². The summed E-state index contributed by atoms with van der Waals surface area (Å²) in [6.45, 7) is 3.04. The Morgan fingerprint density at radius 2 is 2.12 bits per heavy atom. The van der Waals surface area contributed by atoms with Gasteiger partial charge < -0.3 is 10.0 Å². The molecular weight excluding hydrogens is 212 g/mol. The molecule has 0 bridgehead atoms. The van der Waals surface area contributed by atoms with Crippen LogP contribution in [0.25, 0.3) is 0 Å². The summed E-state index contributed by atoms with van der Waals surface area (Å²) in [6, 6.07) is 2.66. The molecule has 1 N–H and O–H groups in total. The minimum atomic E-state index is 0.220. The molecule has 1 saturated carbocycles. The molecule has 1 heterocycles. The van der Waals surface area contributed by atoms with E-state index in [4.69, 9.17) is 0 Å². The molecule has 1 aromatic heterocycles. The molecule has 1 aliphatic carbocycles. The van der Waals surface area contributed by atoms with E-state index < -0.39 is 0 Å². The van der Waals surface area contributed by atoms with Gasteiger partial charge in [-0.2, -0.15) is 0 Å². The van der Waals surface area contributed by atoms with Crippen LogP contribution in [0.4, 0.5) is 5.69 Å². The fourth-order valence-corrected chi connectivity index (χ4v) is 2.79. The fraction of sp³-hybridized carbons (Fsp3) is 0.643. The average molecular weight is 234 g/mol. The predicted molar refractivity (Wildman–Crippen MR) is 70.3 cm³/mol. The third kappa shape index (κ3) is 2.97. The molecule has 0 saturated heterocycles. The molecule has 3 heteroatoms. The van der Waals surface area contributed by atoms with Crippen molar-refractivity contribution in [2.24, 2.45) is 0 Å². The van der Waals surface area contributed by atoms with Crippen molar-refractivity contribution in [3.63, 3.8) is 0 Å². The van der Waals surface area contributed by atoms with E-state index in [1.807, 2.05) is 12.4 Å². The zero-order chi connectivity index (χ0) is 12.1. The number of aromatic nitrogens is 1. The van der Waals surface area contributed by atoms with Gasteiger partial charge in [-0.25, -0.2) is 0 Å². The third-order valence-electron chi connectivity index (χ3n) is 3.66. The third-order valence-corrected chi connectivity index (χ3v) is 3.66. The number of pyridine rings is 1. The number of hydrogen-bond acceptors (Lipinski definition) is 3. The van der Waals surface area contributed by atoms with Crippen LogP contribution in [0.5, 0.6) is 0 Å². The Labute approximate surface area is 103 Å². The summed E-state index contributed by atoms with van der Waals surface area (Å²) in [5, 5.41) is 9.26. The second kappa shape index (κ2) is 6.01. The Balaban J connectivity index is 2.18. The number of rotatable bonds is 4. The van der Waals surface area contributed by atoms with E-state index in [2.05, 4.69) is 22.9 Å². The van der Waals surface area contributed by atoms with E-state index >= 15 is 0 Å². The highest BCUT2D eigenvalue weighted by Crippen LogP contribution is 2.28. The van der Waals surface area contributed by atoms with E-state index in [0.717, 1.165) is 6.54 Å².